The monoisotopic (exact) mass is 517 g/mol. The van der Waals surface area contributed by atoms with Gasteiger partial charge in [0.05, 0.1) is 11.9 Å². The standard InChI is InChI=1S/C29H32FN5O3/c1-4-22-17-34(16-21-14-31-11-10-26(21)38-22)15-20-12-19(7-6-18(20)3)24(13-27(36)37)23-8-9-25-29(28(23)30)32-33-35(25)5-2/h6-12,14,22,24H,4-5,13,15-17H2,1-3H3,(H,36,37). The third-order valence-corrected chi connectivity index (χ3v) is 7.34. The Kier molecular flexibility index (Phi) is 7.37. The zero-order valence-corrected chi connectivity index (χ0v) is 21.9. The third-order valence-electron chi connectivity index (χ3n) is 7.34. The number of halogens is 1. The summed E-state index contributed by atoms with van der Waals surface area (Å²) in [6, 6.07) is 11.3. The summed E-state index contributed by atoms with van der Waals surface area (Å²) in [5, 5.41) is 17.8. The average molecular weight is 518 g/mol. The molecule has 2 aromatic carbocycles. The first kappa shape index (κ1) is 25.8. The van der Waals surface area contributed by atoms with E-state index >= 15 is 4.39 Å². The van der Waals surface area contributed by atoms with Gasteiger partial charge in [-0.1, -0.05) is 36.4 Å². The van der Waals surface area contributed by atoms with Crippen molar-refractivity contribution in [2.24, 2.45) is 0 Å². The molecule has 0 radical (unpaired) electrons. The molecule has 4 aromatic rings. The molecule has 0 fully saturated rings. The van der Waals surface area contributed by atoms with Gasteiger partial charge >= 0.3 is 5.97 Å². The number of aliphatic carboxylic acids is 1. The molecule has 1 N–H and O–H groups in total. The molecular formula is C29H32FN5O3. The van der Waals surface area contributed by atoms with Crippen molar-refractivity contribution in [3.63, 3.8) is 0 Å². The number of pyridine rings is 1. The third kappa shape index (κ3) is 5.11. The van der Waals surface area contributed by atoms with E-state index in [2.05, 4.69) is 27.1 Å². The van der Waals surface area contributed by atoms with E-state index in [-0.39, 0.29) is 18.0 Å². The minimum atomic E-state index is -0.992. The summed E-state index contributed by atoms with van der Waals surface area (Å²) in [6.07, 6.45) is 4.29. The van der Waals surface area contributed by atoms with Gasteiger partial charge in [0.15, 0.2) is 5.82 Å². The molecule has 0 saturated heterocycles. The van der Waals surface area contributed by atoms with E-state index in [0.29, 0.717) is 30.7 Å². The van der Waals surface area contributed by atoms with Crippen LogP contribution in [0.1, 0.15) is 60.4 Å². The molecule has 1 aliphatic rings. The number of hydrogen-bond acceptors (Lipinski definition) is 6. The first-order valence-corrected chi connectivity index (χ1v) is 13.0. The number of rotatable bonds is 8. The number of carboxylic acid groups (broad SMARTS) is 1. The fourth-order valence-electron chi connectivity index (χ4n) is 5.22. The Hall–Kier alpha value is -3.85. The number of hydrogen-bond donors (Lipinski definition) is 1. The fraction of sp³-hybridized carbons (Fsp3) is 0.379. The van der Waals surface area contributed by atoms with Gasteiger partial charge in [-0.3, -0.25) is 14.7 Å². The second kappa shape index (κ2) is 10.9. The highest BCUT2D eigenvalue weighted by molar-refractivity contribution is 5.77. The van der Waals surface area contributed by atoms with Gasteiger partial charge in [-0.15, -0.1) is 5.10 Å². The molecular weight excluding hydrogens is 485 g/mol. The number of aromatic nitrogens is 4. The molecule has 9 heteroatoms. The van der Waals surface area contributed by atoms with Crippen molar-refractivity contribution in [1.82, 2.24) is 24.9 Å². The quantitative estimate of drug-likeness (QED) is 0.349. The van der Waals surface area contributed by atoms with E-state index in [1.807, 2.05) is 44.3 Å². The fourth-order valence-corrected chi connectivity index (χ4v) is 5.22. The number of benzene rings is 2. The molecule has 2 unspecified atom stereocenters. The molecule has 0 aliphatic carbocycles. The lowest BCUT2D eigenvalue weighted by atomic mass is 9.86. The zero-order chi connectivity index (χ0) is 26.8. The van der Waals surface area contributed by atoms with E-state index in [1.165, 1.54) is 0 Å². The molecule has 38 heavy (non-hydrogen) atoms. The van der Waals surface area contributed by atoms with Crippen LogP contribution in [0, 0.1) is 12.7 Å². The summed E-state index contributed by atoms with van der Waals surface area (Å²) < 4.78 is 23.5. The van der Waals surface area contributed by atoms with E-state index in [9.17, 15) is 9.90 Å². The van der Waals surface area contributed by atoms with E-state index < -0.39 is 17.7 Å². The number of aryl methyl sites for hydroxylation is 2. The SMILES string of the molecule is CCC1CN(Cc2cc(C(CC(=O)O)c3ccc4c(nnn4CC)c3F)ccc2C)Cc2cnccc2O1. The Morgan fingerprint density at radius 1 is 1.24 bits per heavy atom. The molecule has 1 aliphatic heterocycles. The van der Waals surface area contributed by atoms with Crippen LogP contribution in [0.15, 0.2) is 48.8 Å². The van der Waals surface area contributed by atoms with Gasteiger partial charge < -0.3 is 9.84 Å². The number of fused-ring (bicyclic) bond motifs is 2. The Morgan fingerprint density at radius 2 is 2.08 bits per heavy atom. The van der Waals surface area contributed by atoms with Crippen LogP contribution in [0.5, 0.6) is 5.75 Å². The molecule has 2 atom stereocenters. The molecule has 3 heterocycles. The first-order valence-electron chi connectivity index (χ1n) is 13.0. The molecule has 2 aromatic heterocycles. The lowest BCUT2D eigenvalue weighted by molar-refractivity contribution is -0.137. The highest BCUT2D eigenvalue weighted by atomic mass is 19.1. The van der Waals surface area contributed by atoms with Gasteiger partial charge in [0.2, 0.25) is 0 Å². The van der Waals surface area contributed by atoms with E-state index in [0.717, 1.165) is 41.0 Å². The maximum Gasteiger partial charge on any atom is 0.304 e. The van der Waals surface area contributed by atoms with Crippen LogP contribution in [0.3, 0.4) is 0 Å². The summed E-state index contributed by atoms with van der Waals surface area (Å²) in [5.74, 6) is -1.31. The molecule has 0 spiro atoms. The summed E-state index contributed by atoms with van der Waals surface area (Å²) in [7, 11) is 0. The number of carbonyl (C=O) groups is 1. The summed E-state index contributed by atoms with van der Waals surface area (Å²) in [6.45, 7) is 8.74. The zero-order valence-electron chi connectivity index (χ0n) is 21.9. The molecule has 0 amide bonds. The smallest absolute Gasteiger partial charge is 0.304 e. The Labute approximate surface area is 221 Å². The maximum atomic E-state index is 15.7. The van der Waals surface area contributed by atoms with Crippen molar-refractivity contribution < 1.29 is 19.0 Å². The molecule has 5 rings (SSSR count). The van der Waals surface area contributed by atoms with Gasteiger partial charge in [-0.2, -0.15) is 0 Å². The molecule has 198 valence electrons. The van der Waals surface area contributed by atoms with E-state index in [4.69, 9.17) is 4.74 Å². The Bertz CT molecular complexity index is 1470. The lowest BCUT2D eigenvalue weighted by Crippen LogP contribution is -2.32. The maximum absolute atomic E-state index is 15.7. The van der Waals surface area contributed by atoms with Crippen molar-refractivity contribution in [3.8, 4) is 5.75 Å². The van der Waals surface area contributed by atoms with Gasteiger partial charge in [0.25, 0.3) is 0 Å². The van der Waals surface area contributed by atoms with Crippen LogP contribution in [0.25, 0.3) is 11.0 Å². The van der Waals surface area contributed by atoms with Crippen LogP contribution < -0.4 is 4.74 Å². The molecule has 8 nitrogen and oxygen atoms in total. The summed E-state index contributed by atoms with van der Waals surface area (Å²) in [4.78, 5) is 18.5. The lowest BCUT2D eigenvalue weighted by Gasteiger charge is -2.25. The van der Waals surface area contributed by atoms with Crippen molar-refractivity contribution in [2.75, 3.05) is 6.54 Å². The van der Waals surface area contributed by atoms with Gasteiger partial charge in [-0.05, 0) is 54.7 Å². The summed E-state index contributed by atoms with van der Waals surface area (Å²) in [5.41, 5.74) is 5.02. The minimum absolute atomic E-state index is 0.0549. The minimum Gasteiger partial charge on any atom is -0.489 e. The highest BCUT2D eigenvalue weighted by Crippen LogP contribution is 2.34. The van der Waals surface area contributed by atoms with Crippen LogP contribution in [-0.2, 0) is 24.4 Å². The van der Waals surface area contributed by atoms with Crippen molar-refractivity contribution in [1.29, 1.82) is 0 Å². The topological polar surface area (TPSA) is 93.4 Å². The van der Waals surface area contributed by atoms with Gasteiger partial charge in [0.1, 0.15) is 17.4 Å². The number of nitrogens with zero attached hydrogens (tertiary/aromatic N) is 5. The number of carboxylic acids is 1. The van der Waals surface area contributed by atoms with Gasteiger partial charge in [0, 0.05) is 50.1 Å². The van der Waals surface area contributed by atoms with Crippen LogP contribution >= 0.6 is 0 Å². The molecule has 0 saturated carbocycles. The normalized spacial score (nSPS) is 16.6. The Morgan fingerprint density at radius 3 is 2.84 bits per heavy atom. The van der Waals surface area contributed by atoms with Crippen LogP contribution in [-0.4, -0.2) is 48.6 Å². The first-order chi connectivity index (χ1) is 18.4. The van der Waals surface area contributed by atoms with Gasteiger partial charge in [-0.25, -0.2) is 9.07 Å². The predicted molar refractivity (Wildman–Crippen MR) is 141 cm³/mol. The second-order valence-electron chi connectivity index (χ2n) is 9.88. The second-order valence-corrected chi connectivity index (χ2v) is 9.88. The van der Waals surface area contributed by atoms with Crippen LogP contribution in [0.2, 0.25) is 0 Å². The average Bonchev–Trinajstić information content (AvgIpc) is 3.24. The van der Waals surface area contributed by atoms with Crippen LogP contribution in [0.4, 0.5) is 4.39 Å². The Balaban J connectivity index is 1.50. The van der Waals surface area contributed by atoms with Crippen molar-refractivity contribution in [3.05, 3.63) is 82.4 Å². The van der Waals surface area contributed by atoms with E-state index in [1.54, 1.807) is 23.0 Å². The predicted octanol–water partition coefficient (Wildman–Crippen LogP) is 5.07. The highest BCUT2D eigenvalue weighted by Gasteiger charge is 2.26. The molecule has 0 bridgehead atoms. The largest absolute Gasteiger partial charge is 0.489 e. The summed E-state index contributed by atoms with van der Waals surface area (Å²) >= 11 is 0. The number of ether oxygens (including phenoxy) is 1. The van der Waals surface area contributed by atoms with Crippen molar-refractivity contribution in [2.45, 2.75) is 65.3 Å². The van der Waals surface area contributed by atoms with Crippen molar-refractivity contribution >= 4 is 17.0 Å².